The van der Waals surface area contributed by atoms with Crippen molar-refractivity contribution in [2.45, 2.75) is 64.5 Å². The number of nitrogens with one attached hydrogen (secondary N) is 2. The Kier molecular flexibility index (Phi) is 11.6. The minimum atomic E-state index is -0.0385. The molecule has 1 aromatic heterocycles. The number of anilines is 1. The first kappa shape index (κ1) is 24.4. The molecule has 156 valence electrons. The molecule has 1 aliphatic rings. The molecular formula is C19H36IN5OS. The van der Waals surface area contributed by atoms with Crippen molar-refractivity contribution < 1.29 is 4.74 Å². The molecule has 0 saturated heterocycles. The maximum atomic E-state index is 6.28. The Morgan fingerprint density at radius 2 is 2.00 bits per heavy atom. The molecule has 1 fully saturated rings. The fraction of sp³-hybridized carbons (Fsp3) is 0.789. The quantitative estimate of drug-likeness (QED) is 0.299. The first-order valence-corrected chi connectivity index (χ1v) is 10.7. The van der Waals surface area contributed by atoms with Gasteiger partial charge in [-0.1, -0.05) is 26.2 Å². The summed E-state index contributed by atoms with van der Waals surface area (Å²) in [5.41, 5.74) is 0.967. The van der Waals surface area contributed by atoms with Gasteiger partial charge in [0.05, 0.1) is 17.8 Å². The summed E-state index contributed by atoms with van der Waals surface area (Å²) in [6.07, 6.45) is 7.17. The van der Waals surface area contributed by atoms with Crippen LogP contribution in [0.25, 0.3) is 0 Å². The van der Waals surface area contributed by atoms with E-state index in [9.17, 15) is 0 Å². The molecule has 0 aromatic carbocycles. The van der Waals surface area contributed by atoms with Gasteiger partial charge in [0.15, 0.2) is 11.1 Å². The van der Waals surface area contributed by atoms with Gasteiger partial charge in [-0.05, 0) is 26.2 Å². The zero-order valence-corrected chi connectivity index (χ0v) is 20.4. The summed E-state index contributed by atoms with van der Waals surface area (Å²) < 4.78 is 6.28. The van der Waals surface area contributed by atoms with Crippen LogP contribution in [0.15, 0.2) is 10.4 Å². The molecule has 0 bridgehead atoms. The van der Waals surface area contributed by atoms with E-state index >= 15 is 0 Å². The molecule has 0 aliphatic heterocycles. The highest BCUT2D eigenvalue weighted by atomic mass is 127. The largest absolute Gasteiger partial charge is 0.373 e. The molecule has 2 N–H and O–H groups in total. The summed E-state index contributed by atoms with van der Waals surface area (Å²) in [5.74, 6) is 0.844. The molecule has 0 radical (unpaired) electrons. The predicted molar refractivity (Wildman–Crippen MR) is 127 cm³/mol. The van der Waals surface area contributed by atoms with Gasteiger partial charge in [-0.25, -0.2) is 9.98 Å². The van der Waals surface area contributed by atoms with Gasteiger partial charge < -0.3 is 20.3 Å². The number of rotatable bonds is 9. The Labute approximate surface area is 185 Å². The third-order valence-electron chi connectivity index (χ3n) is 4.62. The van der Waals surface area contributed by atoms with Crippen LogP contribution in [0.2, 0.25) is 0 Å². The summed E-state index contributed by atoms with van der Waals surface area (Å²) >= 11 is 1.65. The lowest BCUT2D eigenvalue weighted by molar-refractivity contribution is -0.0657. The van der Waals surface area contributed by atoms with E-state index in [-0.39, 0.29) is 29.6 Å². The molecule has 0 unspecified atom stereocenters. The second kappa shape index (κ2) is 12.8. The van der Waals surface area contributed by atoms with Gasteiger partial charge in [-0.3, -0.25) is 0 Å². The molecule has 0 spiro atoms. The highest BCUT2D eigenvalue weighted by Gasteiger charge is 2.32. The van der Waals surface area contributed by atoms with Crippen molar-refractivity contribution >= 4 is 46.4 Å². The zero-order chi connectivity index (χ0) is 18.8. The Bertz CT molecular complexity index is 558. The van der Waals surface area contributed by atoms with Gasteiger partial charge in [0.1, 0.15) is 0 Å². The minimum Gasteiger partial charge on any atom is -0.373 e. The highest BCUT2D eigenvalue weighted by Crippen LogP contribution is 2.31. The average Bonchev–Trinajstić information content (AvgIpc) is 3.13. The van der Waals surface area contributed by atoms with Gasteiger partial charge >= 0.3 is 0 Å². The summed E-state index contributed by atoms with van der Waals surface area (Å²) in [6, 6.07) is 0. The summed E-state index contributed by atoms with van der Waals surface area (Å²) in [4.78, 5) is 11.3. The lowest BCUT2D eigenvalue weighted by Gasteiger charge is -2.37. The molecule has 2 rings (SSSR count). The van der Waals surface area contributed by atoms with Crippen LogP contribution in [0.4, 0.5) is 5.13 Å². The lowest BCUT2D eigenvalue weighted by Crippen LogP contribution is -2.49. The minimum absolute atomic E-state index is 0. The maximum absolute atomic E-state index is 6.28. The molecular weight excluding hydrogens is 473 g/mol. The topological polar surface area (TPSA) is 61.8 Å². The zero-order valence-electron chi connectivity index (χ0n) is 17.2. The van der Waals surface area contributed by atoms with E-state index in [2.05, 4.69) is 34.8 Å². The van der Waals surface area contributed by atoms with Crippen molar-refractivity contribution in [1.82, 2.24) is 15.6 Å². The molecule has 0 amide bonds. The second-order valence-corrected chi connectivity index (χ2v) is 7.99. The standard InChI is InChI=1S/C19H35N5OS.HI/c1-5-12-25-19(10-8-7-9-11-19)15-22-17(20-6-2)21-13-16-14-26-18(23-16)24(3)4;/h14H,5-13,15H2,1-4H3,(H2,20,21,22);1H. The monoisotopic (exact) mass is 509 g/mol. The molecule has 27 heavy (non-hydrogen) atoms. The summed E-state index contributed by atoms with van der Waals surface area (Å²) in [7, 11) is 4.02. The second-order valence-electron chi connectivity index (χ2n) is 7.16. The average molecular weight is 510 g/mol. The van der Waals surface area contributed by atoms with E-state index in [1.54, 1.807) is 11.3 Å². The van der Waals surface area contributed by atoms with Crippen LogP contribution in [0, 0.1) is 0 Å². The number of ether oxygens (including phenoxy) is 1. The third kappa shape index (κ3) is 8.11. The smallest absolute Gasteiger partial charge is 0.191 e. The number of hydrogen-bond acceptors (Lipinski definition) is 5. The van der Waals surface area contributed by atoms with Gasteiger partial charge in [0.25, 0.3) is 0 Å². The van der Waals surface area contributed by atoms with Crippen LogP contribution in [-0.4, -0.2) is 50.3 Å². The molecule has 0 atom stereocenters. The van der Waals surface area contributed by atoms with Crippen LogP contribution in [0.1, 0.15) is 58.1 Å². The number of thiazole rings is 1. The Morgan fingerprint density at radius 3 is 2.59 bits per heavy atom. The lowest BCUT2D eigenvalue weighted by atomic mass is 9.84. The van der Waals surface area contributed by atoms with Crippen molar-refractivity contribution in [1.29, 1.82) is 0 Å². The summed E-state index contributed by atoms with van der Waals surface area (Å²) in [5, 5.41) is 9.96. The van der Waals surface area contributed by atoms with E-state index in [1.165, 1.54) is 19.3 Å². The number of nitrogens with zero attached hydrogens (tertiary/aromatic N) is 3. The van der Waals surface area contributed by atoms with Crippen molar-refractivity contribution in [3.63, 3.8) is 0 Å². The maximum Gasteiger partial charge on any atom is 0.191 e. The first-order valence-electron chi connectivity index (χ1n) is 9.86. The van der Waals surface area contributed by atoms with Gasteiger partial charge in [0.2, 0.25) is 0 Å². The van der Waals surface area contributed by atoms with E-state index in [0.717, 1.165) is 55.7 Å². The number of hydrogen-bond donors (Lipinski definition) is 2. The highest BCUT2D eigenvalue weighted by molar-refractivity contribution is 14.0. The van der Waals surface area contributed by atoms with Crippen LogP contribution in [-0.2, 0) is 11.3 Å². The number of guanidine groups is 1. The number of halogens is 1. The van der Waals surface area contributed by atoms with Crippen molar-refractivity contribution in [2.24, 2.45) is 4.99 Å². The summed E-state index contributed by atoms with van der Waals surface area (Å²) in [6.45, 7) is 7.34. The van der Waals surface area contributed by atoms with Gasteiger partial charge in [-0.2, -0.15) is 0 Å². The number of aliphatic imine (C=N–C) groups is 1. The third-order valence-corrected chi connectivity index (χ3v) is 5.68. The SMILES string of the molecule is CCCOC1(CNC(=NCc2csc(N(C)C)n2)NCC)CCCCC1.I. The molecule has 1 heterocycles. The van der Waals surface area contributed by atoms with Crippen LogP contribution in [0.3, 0.4) is 0 Å². The molecule has 6 nitrogen and oxygen atoms in total. The molecule has 8 heteroatoms. The predicted octanol–water partition coefficient (Wildman–Crippen LogP) is 4.01. The molecule has 1 saturated carbocycles. The molecule has 1 aromatic rings. The van der Waals surface area contributed by atoms with Crippen LogP contribution in [0.5, 0.6) is 0 Å². The van der Waals surface area contributed by atoms with E-state index in [0.29, 0.717) is 6.54 Å². The van der Waals surface area contributed by atoms with E-state index in [1.807, 2.05) is 19.0 Å². The van der Waals surface area contributed by atoms with Crippen LogP contribution < -0.4 is 15.5 Å². The Balaban J connectivity index is 0.00000364. The number of aromatic nitrogens is 1. The fourth-order valence-corrected chi connectivity index (χ4v) is 3.96. The van der Waals surface area contributed by atoms with Crippen molar-refractivity contribution in [3.05, 3.63) is 11.1 Å². The van der Waals surface area contributed by atoms with Gasteiger partial charge in [-0.15, -0.1) is 35.3 Å². The first-order chi connectivity index (χ1) is 12.6. The van der Waals surface area contributed by atoms with E-state index in [4.69, 9.17) is 9.73 Å². The van der Waals surface area contributed by atoms with Crippen molar-refractivity contribution in [3.8, 4) is 0 Å². The van der Waals surface area contributed by atoms with E-state index < -0.39 is 0 Å². The Morgan fingerprint density at radius 1 is 1.26 bits per heavy atom. The van der Waals surface area contributed by atoms with Gasteiger partial charge in [0, 0.05) is 39.2 Å². The van der Waals surface area contributed by atoms with Crippen molar-refractivity contribution in [2.75, 3.05) is 38.7 Å². The Hall–Kier alpha value is -0.610. The van der Waals surface area contributed by atoms with Crippen LogP contribution >= 0.6 is 35.3 Å². The molecule has 1 aliphatic carbocycles. The fourth-order valence-electron chi connectivity index (χ4n) is 3.21. The normalized spacial score (nSPS) is 16.5.